The molecule has 0 aliphatic carbocycles. The van der Waals surface area contributed by atoms with Crippen LogP contribution >= 0.6 is 0 Å². The van der Waals surface area contributed by atoms with Crippen LogP contribution in [-0.2, 0) is 6.54 Å². The minimum absolute atomic E-state index is 0.0334. The molecule has 0 amide bonds. The van der Waals surface area contributed by atoms with Gasteiger partial charge in [0.2, 0.25) is 5.89 Å². The fourth-order valence-electron chi connectivity index (χ4n) is 4.63. The van der Waals surface area contributed by atoms with Crippen LogP contribution in [0.25, 0.3) is 33.6 Å². The third-order valence-electron chi connectivity index (χ3n) is 6.47. The molecule has 0 saturated carbocycles. The van der Waals surface area contributed by atoms with Crippen LogP contribution in [0.5, 0.6) is 0 Å². The molecule has 1 fully saturated rings. The molecule has 1 saturated heterocycles. The number of fused-ring (bicyclic) bond motifs is 1. The van der Waals surface area contributed by atoms with Gasteiger partial charge < -0.3 is 9.32 Å². The lowest BCUT2D eigenvalue weighted by molar-refractivity contribution is 0.116. The van der Waals surface area contributed by atoms with Crippen LogP contribution in [-0.4, -0.2) is 54.3 Å². The Labute approximate surface area is 207 Å². The smallest absolute Gasteiger partial charge is 0.329 e. The van der Waals surface area contributed by atoms with Crippen molar-refractivity contribution >= 4 is 11.0 Å². The van der Waals surface area contributed by atoms with Gasteiger partial charge in [0.05, 0.1) is 34.9 Å². The van der Waals surface area contributed by atoms with Gasteiger partial charge in [-0.1, -0.05) is 0 Å². The number of benzene rings is 1. The van der Waals surface area contributed by atoms with Gasteiger partial charge in [0.15, 0.2) is 0 Å². The summed E-state index contributed by atoms with van der Waals surface area (Å²) in [5, 5.41) is 6.94. The summed E-state index contributed by atoms with van der Waals surface area (Å²) < 4.78 is 49.0. The van der Waals surface area contributed by atoms with Gasteiger partial charge in [0, 0.05) is 43.3 Å². The maximum atomic E-state index is 15.3. The Morgan fingerprint density at radius 2 is 1.84 bits per heavy atom. The number of halogens is 3. The van der Waals surface area contributed by atoms with Crippen LogP contribution in [0.1, 0.15) is 24.1 Å². The van der Waals surface area contributed by atoms with Crippen LogP contribution < -0.4 is 5.69 Å². The second kappa shape index (κ2) is 8.96. The molecule has 5 heterocycles. The number of hydrogen-bond acceptors (Lipinski definition) is 7. The van der Waals surface area contributed by atoms with Crippen molar-refractivity contribution in [2.75, 3.05) is 20.1 Å². The fourth-order valence-corrected chi connectivity index (χ4v) is 4.63. The Morgan fingerprint density at radius 3 is 2.49 bits per heavy atom. The molecule has 0 radical (unpaired) electrons. The first-order valence-electron chi connectivity index (χ1n) is 11.5. The van der Waals surface area contributed by atoms with Gasteiger partial charge in [0.25, 0.3) is 5.89 Å². The minimum atomic E-state index is -2.87. The van der Waals surface area contributed by atoms with E-state index in [0.29, 0.717) is 46.5 Å². The first-order chi connectivity index (χ1) is 17.9. The molecule has 1 aliphatic heterocycles. The van der Waals surface area contributed by atoms with E-state index in [-0.39, 0.29) is 24.2 Å². The van der Waals surface area contributed by atoms with Crippen LogP contribution in [0.3, 0.4) is 0 Å². The lowest BCUT2D eigenvalue weighted by Gasteiger charge is -2.36. The summed E-state index contributed by atoms with van der Waals surface area (Å²) in [5.74, 6) is -1.30. The zero-order chi connectivity index (χ0) is 25.7. The number of hydrogen-bond donors (Lipinski definition) is 0. The molecular formula is C25H20F3N7O2. The van der Waals surface area contributed by atoms with Crippen LogP contribution in [0.15, 0.2) is 64.2 Å². The van der Waals surface area contributed by atoms with Crippen LogP contribution in [0.2, 0.25) is 0 Å². The number of alkyl halides is 2. The molecule has 6 rings (SSSR count). The van der Waals surface area contributed by atoms with Crippen molar-refractivity contribution in [3.8, 4) is 22.6 Å². The summed E-state index contributed by atoms with van der Waals surface area (Å²) in [5.41, 5.74) is 2.77. The number of aromatic nitrogens is 6. The lowest BCUT2D eigenvalue weighted by atomic mass is 10.0. The van der Waals surface area contributed by atoms with Gasteiger partial charge in [0.1, 0.15) is 5.82 Å². The second-order valence-electron chi connectivity index (χ2n) is 8.95. The molecule has 12 heteroatoms. The predicted molar refractivity (Wildman–Crippen MR) is 128 cm³/mol. The number of pyridine rings is 2. The zero-order valence-electron chi connectivity index (χ0n) is 19.6. The summed E-state index contributed by atoms with van der Waals surface area (Å²) in [7, 11) is 1.97. The Bertz CT molecular complexity index is 1640. The van der Waals surface area contributed by atoms with Gasteiger partial charge in [-0.3, -0.25) is 19.1 Å². The average Bonchev–Trinajstić information content (AvgIpc) is 3.47. The van der Waals surface area contributed by atoms with E-state index in [2.05, 4.69) is 25.1 Å². The van der Waals surface area contributed by atoms with Crippen molar-refractivity contribution in [3.05, 3.63) is 82.9 Å². The molecule has 0 atom stereocenters. The van der Waals surface area contributed by atoms with Gasteiger partial charge >= 0.3 is 12.1 Å². The molecule has 0 bridgehead atoms. The maximum Gasteiger partial charge on any atom is 0.329 e. The monoisotopic (exact) mass is 507 g/mol. The van der Waals surface area contributed by atoms with Gasteiger partial charge in [-0.15, -0.1) is 10.2 Å². The number of imidazole rings is 1. The summed E-state index contributed by atoms with van der Waals surface area (Å²) in [6.07, 6.45) is 1.73. The number of rotatable bonds is 6. The van der Waals surface area contributed by atoms with Crippen molar-refractivity contribution in [2.24, 2.45) is 0 Å². The van der Waals surface area contributed by atoms with Crippen molar-refractivity contribution in [1.82, 2.24) is 34.2 Å². The van der Waals surface area contributed by atoms with Gasteiger partial charge in [-0.2, -0.15) is 8.78 Å². The number of likely N-dealkylation sites (N-methyl/N-ethyl adjacent to an activating group) is 1. The molecule has 188 valence electrons. The average molecular weight is 507 g/mol. The molecule has 1 aromatic carbocycles. The van der Waals surface area contributed by atoms with Crippen LogP contribution in [0, 0.1) is 5.82 Å². The largest absolute Gasteiger partial charge is 0.415 e. The highest BCUT2D eigenvalue weighted by molar-refractivity contribution is 5.83. The third kappa shape index (κ3) is 4.08. The SMILES string of the molecule is CN1CC(n2c(=O)n(Cc3ccc(-c4nnc(C(F)F)o4)cn3)c3cc(F)c(-c4ccncc4)cc32)C1. The Balaban J connectivity index is 1.40. The molecule has 0 spiro atoms. The third-order valence-corrected chi connectivity index (χ3v) is 6.47. The molecule has 0 unspecified atom stereocenters. The molecule has 37 heavy (non-hydrogen) atoms. The highest BCUT2D eigenvalue weighted by Crippen LogP contribution is 2.31. The molecule has 9 nitrogen and oxygen atoms in total. The fraction of sp³-hybridized carbons (Fsp3) is 0.240. The van der Waals surface area contributed by atoms with E-state index in [4.69, 9.17) is 4.42 Å². The van der Waals surface area contributed by atoms with E-state index < -0.39 is 18.1 Å². The summed E-state index contributed by atoms with van der Waals surface area (Å²) in [6, 6.07) is 9.73. The minimum Gasteiger partial charge on any atom is -0.415 e. The molecule has 0 N–H and O–H groups in total. The molecule has 5 aromatic rings. The lowest BCUT2D eigenvalue weighted by Crippen LogP contribution is -2.48. The van der Waals surface area contributed by atoms with Crippen molar-refractivity contribution in [1.29, 1.82) is 0 Å². The van der Waals surface area contributed by atoms with E-state index in [1.54, 1.807) is 47.3 Å². The van der Waals surface area contributed by atoms with Crippen molar-refractivity contribution in [2.45, 2.75) is 19.0 Å². The molecule has 4 aromatic heterocycles. The first-order valence-corrected chi connectivity index (χ1v) is 11.5. The Morgan fingerprint density at radius 1 is 1.05 bits per heavy atom. The van der Waals surface area contributed by atoms with Crippen molar-refractivity contribution in [3.63, 3.8) is 0 Å². The summed E-state index contributed by atoms with van der Waals surface area (Å²) in [4.78, 5) is 24.0. The summed E-state index contributed by atoms with van der Waals surface area (Å²) in [6.45, 7) is 1.50. The Kier molecular flexibility index (Phi) is 5.60. The second-order valence-corrected chi connectivity index (χ2v) is 8.95. The number of nitrogens with zero attached hydrogens (tertiary/aromatic N) is 7. The first kappa shape index (κ1) is 23.1. The topological polar surface area (TPSA) is 94.9 Å². The normalized spacial score (nSPS) is 14.5. The van der Waals surface area contributed by atoms with E-state index in [9.17, 15) is 13.6 Å². The van der Waals surface area contributed by atoms with E-state index >= 15 is 4.39 Å². The van der Waals surface area contributed by atoms with E-state index in [1.807, 2.05) is 7.05 Å². The van der Waals surface area contributed by atoms with Crippen molar-refractivity contribution < 1.29 is 17.6 Å². The highest BCUT2D eigenvalue weighted by Gasteiger charge is 2.30. The maximum absolute atomic E-state index is 15.3. The predicted octanol–water partition coefficient (Wildman–Crippen LogP) is 3.92. The van der Waals surface area contributed by atoms with E-state index in [0.717, 1.165) is 0 Å². The highest BCUT2D eigenvalue weighted by atomic mass is 19.3. The Hall–Kier alpha value is -4.32. The quantitative estimate of drug-likeness (QED) is 0.344. The zero-order valence-corrected chi connectivity index (χ0v) is 19.6. The number of likely N-dealkylation sites (tertiary alicyclic amines) is 1. The molecule has 1 aliphatic rings. The molecular weight excluding hydrogens is 487 g/mol. The van der Waals surface area contributed by atoms with Gasteiger partial charge in [-0.25, -0.2) is 9.18 Å². The standard InChI is InChI=1S/C25H20F3N7O2/c1-33-12-17(13-33)35-21-8-18(14-4-6-29-7-5-14)19(26)9-20(21)34(25(35)36)11-16-3-2-15(10-30-16)23-31-32-24(37-23)22(27)28/h2-10,17,22H,11-13H2,1H3. The summed E-state index contributed by atoms with van der Waals surface area (Å²) >= 11 is 0. The van der Waals surface area contributed by atoms with Crippen LogP contribution in [0.4, 0.5) is 13.2 Å². The van der Waals surface area contributed by atoms with E-state index in [1.165, 1.54) is 16.8 Å². The van der Waals surface area contributed by atoms with Gasteiger partial charge in [-0.05, 0) is 42.9 Å².